The highest BCUT2D eigenvalue weighted by Gasteiger charge is 2.26. The topological polar surface area (TPSA) is 93.5 Å². The molecule has 74 valence electrons. The van der Waals surface area contributed by atoms with Crippen molar-refractivity contribution in [2.75, 3.05) is 13.2 Å². The van der Waals surface area contributed by atoms with Gasteiger partial charge in [0.15, 0.2) is 0 Å². The summed E-state index contributed by atoms with van der Waals surface area (Å²) < 4.78 is 0. The Morgan fingerprint density at radius 1 is 1.77 bits per heavy atom. The van der Waals surface area contributed by atoms with Crippen molar-refractivity contribution in [2.24, 2.45) is 5.73 Å². The predicted molar refractivity (Wildman–Crippen MR) is 44.3 cm³/mol. The Morgan fingerprint density at radius 3 is 3.08 bits per heavy atom. The molecule has 0 spiro atoms. The largest absolute Gasteiger partial charge is 0.342 e. The Kier molecular flexibility index (Phi) is 3.66. The molecule has 13 heavy (non-hydrogen) atoms. The summed E-state index contributed by atoms with van der Waals surface area (Å²) in [6, 6.07) is -0.551. The average molecular weight is 187 g/mol. The van der Waals surface area contributed by atoms with Crippen molar-refractivity contribution in [1.82, 2.24) is 10.8 Å². The number of hydroxylamine groups is 1. The molecule has 0 aromatic heterocycles. The first-order valence-electron chi connectivity index (χ1n) is 4.15. The number of nitrogens with two attached hydrogens (primary N) is 1. The lowest BCUT2D eigenvalue weighted by Gasteiger charge is -2.07. The second kappa shape index (κ2) is 4.78. The molecule has 0 bridgehead atoms. The van der Waals surface area contributed by atoms with E-state index < -0.39 is 6.04 Å². The molecule has 0 aliphatic carbocycles. The average Bonchev–Trinajstić information content (AvgIpc) is 2.48. The SMILES string of the molecule is NCCCC(=O)N[C@@H]1CONC1=O. The standard InChI is InChI=1S/C7H13N3O3/c8-3-1-2-6(11)9-5-4-13-10-7(5)12/h5H,1-4,8H2,(H,9,11)(H,10,12)/t5-/m1/s1. The number of hydrogen-bond acceptors (Lipinski definition) is 4. The lowest BCUT2D eigenvalue weighted by molar-refractivity contribution is -0.128. The zero-order chi connectivity index (χ0) is 9.68. The van der Waals surface area contributed by atoms with E-state index in [-0.39, 0.29) is 18.4 Å². The summed E-state index contributed by atoms with van der Waals surface area (Å²) in [7, 11) is 0. The third kappa shape index (κ3) is 3.00. The molecule has 2 amide bonds. The molecule has 1 atom stereocenters. The van der Waals surface area contributed by atoms with Crippen molar-refractivity contribution in [3.8, 4) is 0 Å². The fourth-order valence-electron chi connectivity index (χ4n) is 0.979. The van der Waals surface area contributed by atoms with Gasteiger partial charge in [-0.15, -0.1) is 0 Å². The quantitative estimate of drug-likeness (QED) is 0.487. The lowest BCUT2D eigenvalue weighted by atomic mass is 10.2. The summed E-state index contributed by atoms with van der Waals surface area (Å²) >= 11 is 0. The zero-order valence-corrected chi connectivity index (χ0v) is 7.21. The van der Waals surface area contributed by atoms with Crippen molar-refractivity contribution in [3.63, 3.8) is 0 Å². The van der Waals surface area contributed by atoms with Gasteiger partial charge in [0.25, 0.3) is 5.91 Å². The molecule has 0 saturated carbocycles. The van der Waals surface area contributed by atoms with Crippen LogP contribution in [0.25, 0.3) is 0 Å². The lowest BCUT2D eigenvalue weighted by Crippen LogP contribution is -2.41. The van der Waals surface area contributed by atoms with Crippen molar-refractivity contribution in [2.45, 2.75) is 18.9 Å². The van der Waals surface area contributed by atoms with E-state index in [2.05, 4.69) is 15.6 Å². The van der Waals surface area contributed by atoms with Gasteiger partial charge in [-0.3, -0.25) is 14.4 Å². The van der Waals surface area contributed by atoms with Crippen molar-refractivity contribution >= 4 is 11.8 Å². The maximum Gasteiger partial charge on any atom is 0.268 e. The fourth-order valence-corrected chi connectivity index (χ4v) is 0.979. The summed E-state index contributed by atoms with van der Waals surface area (Å²) in [6.45, 7) is 0.661. The summed E-state index contributed by atoms with van der Waals surface area (Å²) in [4.78, 5) is 26.6. The van der Waals surface area contributed by atoms with Gasteiger partial charge in [-0.1, -0.05) is 0 Å². The molecule has 6 nitrogen and oxygen atoms in total. The number of carbonyl (C=O) groups excluding carboxylic acids is 2. The minimum atomic E-state index is -0.551. The predicted octanol–water partition coefficient (Wildman–Crippen LogP) is -1.73. The highest BCUT2D eigenvalue weighted by molar-refractivity contribution is 5.88. The third-order valence-electron chi connectivity index (χ3n) is 1.68. The Bertz CT molecular complexity index is 207. The van der Waals surface area contributed by atoms with Gasteiger partial charge in [0, 0.05) is 6.42 Å². The first-order chi connectivity index (χ1) is 6.24. The second-order valence-corrected chi connectivity index (χ2v) is 2.79. The molecule has 1 aliphatic heterocycles. The molecule has 0 radical (unpaired) electrons. The molecule has 1 aliphatic rings. The summed E-state index contributed by atoms with van der Waals surface area (Å²) in [6.07, 6.45) is 0.974. The van der Waals surface area contributed by atoms with E-state index >= 15 is 0 Å². The van der Waals surface area contributed by atoms with Crippen LogP contribution < -0.4 is 16.5 Å². The summed E-state index contributed by atoms with van der Waals surface area (Å²) in [5, 5.41) is 2.53. The van der Waals surface area contributed by atoms with Gasteiger partial charge in [0.1, 0.15) is 12.6 Å². The minimum absolute atomic E-state index is 0.170. The number of hydrogen-bond donors (Lipinski definition) is 3. The number of amides is 2. The van der Waals surface area contributed by atoms with Crippen LogP contribution in [0, 0.1) is 0 Å². The summed E-state index contributed by atoms with van der Waals surface area (Å²) in [5.74, 6) is -0.475. The van der Waals surface area contributed by atoms with Crippen molar-refractivity contribution < 1.29 is 14.4 Å². The Hall–Kier alpha value is -1.14. The van der Waals surface area contributed by atoms with Gasteiger partial charge in [-0.2, -0.15) is 0 Å². The van der Waals surface area contributed by atoms with E-state index in [0.29, 0.717) is 19.4 Å². The number of rotatable bonds is 4. The van der Waals surface area contributed by atoms with E-state index in [0.717, 1.165) is 0 Å². The maximum absolute atomic E-state index is 11.1. The summed E-state index contributed by atoms with van der Waals surface area (Å²) in [5.41, 5.74) is 7.38. The molecule has 1 rings (SSSR count). The molecule has 1 saturated heterocycles. The number of carbonyl (C=O) groups is 2. The molecular weight excluding hydrogens is 174 g/mol. The molecule has 6 heteroatoms. The van der Waals surface area contributed by atoms with Gasteiger partial charge >= 0.3 is 0 Å². The van der Waals surface area contributed by atoms with E-state index in [4.69, 9.17) is 5.73 Å². The highest BCUT2D eigenvalue weighted by atomic mass is 16.7. The van der Waals surface area contributed by atoms with Crippen LogP contribution in [0.3, 0.4) is 0 Å². The smallest absolute Gasteiger partial charge is 0.268 e. The van der Waals surface area contributed by atoms with Gasteiger partial charge < -0.3 is 11.1 Å². The minimum Gasteiger partial charge on any atom is -0.342 e. The zero-order valence-electron chi connectivity index (χ0n) is 7.21. The Balaban J connectivity index is 2.23. The van der Waals surface area contributed by atoms with Crippen molar-refractivity contribution in [1.29, 1.82) is 0 Å². The molecular formula is C7H13N3O3. The van der Waals surface area contributed by atoms with Gasteiger partial charge in [0.2, 0.25) is 5.91 Å². The fraction of sp³-hybridized carbons (Fsp3) is 0.714. The van der Waals surface area contributed by atoms with Crippen LogP contribution >= 0.6 is 0 Å². The first kappa shape index (κ1) is 9.94. The van der Waals surface area contributed by atoms with Crippen LogP contribution in [-0.2, 0) is 14.4 Å². The Labute approximate surface area is 75.8 Å². The monoisotopic (exact) mass is 187 g/mol. The van der Waals surface area contributed by atoms with Crippen LogP contribution in [0.15, 0.2) is 0 Å². The van der Waals surface area contributed by atoms with E-state index in [1.165, 1.54) is 0 Å². The first-order valence-corrected chi connectivity index (χ1v) is 4.15. The van der Waals surface area contributed by atoms with E-state index in [1.54, 1.807) is 0 Å². The van der Waals surface area contributed by atoms with Crippen LogP contribution in [0.4, 0.5) is 0 Å². The van der Waals surface area contributed by atoms with Gasteiger partial charge in [0.05, 0.1) is 0 Å². The second-order valence-electron chi connectivity index (χ2n) is 2.79. The molecule has 0 aromatic rings. The van der Waals surface area contributed by atoms with Gasteiger partial charge in [-0.25, -0.2) is 5.48 Å². The molecule has 1 fully saturated rings. The number of nitrogens with one attached hydrogen (secondary N) is 2. The molecule has 1 heterocycles. The molecule has 0 aromatic carbocycles. The van der Waals surface area contributed by atoms with Gasteiger partial charge in [-0.05, 0) is 13.0 Å². The van der Waals surface area contributed by atoms with E-state index in [9.17, 15) is 9.59 Å². The van der Waals surface area contributed by atoms with E-state index in [1.807, 2.05) is 0 Å². The highest BCUT2D eigenvalue weighted by Crippen LogP contribution is 1.95. The van der Waals surface area contributed by atoms with Crippen LogP contribution in [0.2, 0.25) is 0 Å². The Morgan fingerprint density at radius 2 is 2.54 bits per heavy atom. The van der Waals surface area contributed by atoms with Crippen LogP contribution in [0.5, 0.6) is 0 Å². The molecule has 4 N–H and O–H groups in total. The molecule has 0 unspecified atom stereocenters. The van der Waals surface area contributed by atoms with Crippen molar-refractivity contribution in [3.05, 3.63) is 0 Å². The third-order valence-corrected chi connectivity index (χ3v) is 1.68. The van der Waals surface area contributed by atoms with Crippen LogP contribution in [-0.4, -0.2) is 31.0 Å². The normalized spacial score (nSPS) is 21.3. The maximum atomic E-state index is 11.1. The van der Waals surface area contributed by atoms with Crippen LogP contribution in [0.1, 0.15) is 12.8 Å².